The summed E-state index contributed by atoms with van der Waals surface area (Å²) in [7, 11) is -2.30. The highest BCUT2D eigenvalue weighted by Crippen LogP contribution is 2.23. The molecular weight excluding hydrogens is 179 g/mol. The molecule has 5 nitrogen and oxygen atoms in total. The van der Waals surface area contributed by atoms with Crippen molar-refractivity contribution in [1.29, 1.82) is 0 Å². The molecular formula is C6H17N2O3P. The third-order valence-electron chi connectivity index (χ3n) is 1.14. The Morgan fingerprint density at radius 2 is 1.42 bits per heavy atom. The van der Waals surface area contributed by atoms with Crippen LogP contribution in [0.2, 0.25) is 0 Å². The van der Waals surface area contributed by atoms with Crippen molar-refractivity contribution < 1.29 is 13.6 Å². The van der Waals surface area contributed by atoms with E-state index in [1.807, 2.05) is 0 Å². The molecule has 0 saturated heterocycles. The second-order valence-corrected chi connectivity index (χ2v) is 3.31. The molecule has 0 aliphatic carbocycles. The van der Waals surface area contributed by atoms with E-state index in [-0.39, 0.29) is 0 Å². The Bertz CT molecular complexity index is 111. The predicted octanol–water partition coefficient (Wildman–Crippen LogP) is 0.107. The van der Waals surface area contributed by atoms with E-state index in [9.17, 15) is 4.57 Å². The monoisotopic (exact) mass is 196 g/mol. The maximum absolute atomic E-state index is 10.9. The second kappa shape index (κ2) is 9.16. The summed E-state index contributed by atoms with van der Waals surface area (Å²) in [5.74, 6) is 0. The minimum absolute atomic E-state index is 0.400. The third kappa shape index (κ3) is 8.17. The molecule has 4 N–H and O–H groups in total. The Morgan fingerprint density at radius 1 is 1.00 bits per heavy atom. The fraction of sp³-hybridized carbons (Fsp3) is 1.00. The molecule has 0 aromatic carbocycles. The summed E-state index contributed by atoms with van der Waals surface area (Å²) in [6.07, 6.45) is 1.41. The first kappa shape index (κ1) is 12.1. The van der Waals surface area contributed by atoms with Crippen LogP contribution in [0.1, 0.15) is 12.8 Å². The van der Waals surface area contributed by atoms with Gasteiger partial charge in [0.15, 0.2) is 0 Å². The summed E-state index contributed by atoms with van der Waals surface area (Å²) in [6, 6.07) is 0. The Labute approximate surface area is 73.3 Å². The van der Waals surface area contributed by atoms with Gasteiger partial charge in [0.25, 0.3) is 0 Å². The fourth-order valence-electron chi connectivity index (χ4n) is 0.519. The van der Waals surface area contributed by atoms with Crippen molar-refractivity contribution in [2.24, 2.45) is 11.5 Å². The Morgan fingerprint density at radius 3 is 1.75 bits per heavy atom. The van der Waals surface area contributed by atoms with Crippen LogP contribution in [0.3, 0.4) is 0 Å². The van der Waals surface area contributed by atoms with Crippen LogP contribution in [-0.4, -0.2) is 26.3 Å². The van der Waals surface area contributed by atoms with Crippen LogP contribution < -0.4 is 11.5 Å². The van der Waals surface area contributed by atoms with Gasteiger partial charge in [0.1, 0.15) is 0 Å². The molecule has 0 spiro atoms. The summed E-state index contributed by atoms with van der Waals surface area (Å²) in [6.45, 7) is 1.88. The molecule has 0 aliphatic rings. The number of nitrogens with two attached hydrogens (primary N) is 2. The van der Waals surface area contributed by atoms with Gasteiger partial charge < -0.3 is 20.5 Å². The highest BCUT2D eigenvalue weighted by Gasteiger charge is 1.97. The van der Waals surface area contributed by atoms with Crippen molar-refractivity contribution in [3.05, 3.63) is 0 Å². The number of hydrogen-bond donors (Lipinski definition) is 2. The van der Waals surface area contributed by atoms with Gasteiger partial charge in [-0.2, -0.15) is 0 Å². The lowest BCUT2D eigenvalue weighted by Crippen LogP contribution is -2.03. The van der Waals surface area contributed by atoms with E-state index in [1.165, 1.54) is 0 Å². The Kier molecular flexibility index (Phi) is 9.21. The average molecular weight is 196 g/mol. The van der Waals surface area contributed by atoms with Crippen molar-refractivity contribution in [2.45, 2.75) is 12.8 Å². The highest BCUT2D eigenvalue weighted by molar-refractivity contribution is 7.33. The molecule has 0 fully saturated rings. The lowest BCUT2D eigenvalue weighted by molar-refractivity contribution is 0.223. The van der Waals surface area contributed by atoms with E-state index < -0.39 is 8.25 Å². The molecule has 6 heteroatoms. The van der Waals surface area contributed by atoms with Crippen LogP contribution in [0.15, 0.2) is 0 Å². The molecule has 0 amide bonds. The summed E-state index contributed by atoms with van der Waals surface area (Å²) < 4.78 is 20.5. The molecule has 0 aromatic heterocycles. The van der Waals surface area contributed by atoms with Gasteiger partial charge in [0.05, 0.1) is 13.2 Å². The highest BCUT2D eigenvalue weighted by atomic mass is 31.1. The van der Waals surface area contributed by atoms with E-state index in [2.05, 4.69) is 0 Å². The first-order chi connectivity index (χ1) is 5.81. The first-order valence-electron chi connectivity index (χ1n) is 4.01. The molecule has 0 rings (SSSR count). The smallest absolute Gasteiger partial charge is 0.319 e. The third-order valence-corrected chi connectivity index (χ3v) is 2.02. The topological polar surface area (TPSA) is 87.6 Å². The molecule has 12 heavy (non-hydrogen) atoms. The largest absolute Gasteiger partial charge is 0.330 e. The maximum atomic E-state index is 10.9. The Hall–Kier alpha value is 0.0700. The van der Waals surface area contributed by atoms with Gasteiger partial charge in [0.2, 0.25) is 0 Å². The van der Waals surface area contributed by atoms with Crippen molar-refractivity contribution in [3.8, 4) is 0 Å². The van der Waals surface area contributed by atoms with Crippen LogP contribution in [0.4, 0.5) is 0 Å². The molecule has 0 bridgehead atoms. The van der Waals surface area contributed by atoms with Crippen molar-refractivity contribution in [1.82, 2.24) is 0 Å². The van der Waals surface area contributed by atoms with Gasteiger partial charge >= 0.3 is 8.25 Å². The summed E-state index contributed by atoms with van der Waals surface area (Å²) in [5.41, 5.74) is 10.4. The van der Waals surface area contributed by atoms with Gasteiger partial charge in [-0.25, -0.2) is 0 Å². The van der Waals surface area contributed by atoms with Crippen LogP contribution in [0, 0.1) is 0 Å². The maximum Gasteiger partial charge on any atom is 0.319 e. The van der Waals surface area contributed by atoms with Crippen LogP contribution >= 0.6 is 8.25 Å². The second-order valence-electron chi connectivity index (χ2n) is 2.23. The average Bonchev–Trinajstić information content (AvgIpc) is 2.06. The van der Waals surface area contributed by atoms with Gasteiger partial charge in [-0.1, -0.05) is 0 Å². The predicted molar refractivity (Wildman–Crippen MR) is 48.2 cm³/mol. The van der Waals surface area contributed by atoms with E-state index in [1.54, 1.807) is 0 Å². The summed E-state index contributed by atoms with van der Waals surface area (Å²) in [5, 5.41) is 0. The van der Waals surface area contributed by atoms with Crippen molar-refractivity contribution >= 4 is 8.25 Å². The number of hydrogen-bond acceptors (Lipinski definition) is 5. The van der Waals surface area contributed by atoms with E-state index in [4.69, 9.17) is 20.5 Å². The normalized spacial score (nSPS) is 10.9. The molecule has 0 atom stereocenters. The summed E-state index contributed by atoms with van der Waals surface area (Å²) in [4.78, 5) is 0. The van der Waals surface area contributed by atoms with Gasteiger partial charge in [-0.05, 0) is 25.9 Å². The van der Waals surface area contributed by atoms with Crippen molar-refractivity contribution in [2.75, 3.05) is 26.3 Å². The molecule has 0 aliphatic heterocycles. The molecule has 0 unspecified atom stereocenters. The molecule has 0 radical (unpaired) electrons. The van der Waals surface area contributed by atoms with E-state index in [0.717, 1.165) is 0 Å². The zero-order valence-corrected chi connectivity index (χ0v) is 8.12. The van der Waals surface area contributed by atoms with Gasteiger partial charge in [0, 0.05) is 0 Å². The molecule has 0 heterocycles. The quantitative estimate of drug-likeness (QED) is 0.425. The standard InChI is InChI=1S/C6H17N2O3P/c7-3-1-5-10-12(9)11-6-2-4-8/h12H,1-8H2. The zero-order valence-electron chi connectivity index (χ0n) is 7.12. The minimum atomic E-state index is -2.30. The van der Waals surface area contributed by atoms with E-state index >= 15 is 0 Å². The first-order valence-corrected chi connectivity index (χ1v) is 5.23. The SMILES string of the molecule is NCCCO[PH](=O)OCCCN. The van der Waals surface area contributed by atoms with Crippen LogP contribution in [0.5, 0.6) is 0 Å². The lowest BCUT2D eigenvalue weighted by Gasteiger charge is -2.03. The van der Waals surface area contributed by atoms with Crippen LogP contribution in [0.25, 0.3) is 0 Å². The van der Waals surface area contributed by atoms with E-state index in [0.29, 0.717) is 39.1 Å². The van der Waals surface area contributed by atoms with Crippen LogP contribution in [-0.2, 0) is 13.6 Å². The fourth-order valence-corrected chi connectivity index (χ4v) is 1.22. The Balaban J connectivity index is 3.10. The molecule has 0 aromatic rings. The van der Waals surface area contributed by atoms with Gasteiger partial charge in [-0.15, -0.1) is 0 Å². The molecule has 0 saturated carbocycles. The summed E-state index contributed by atoms with van der Waals surface area (Å²) >= 11 is 0. The lowest BCUT2D eigenvalue weighted by atomic mass is 10.5. The molecule has 74 valence electrons. The van der Waals surface area contributed by atoms with Gasteiger partial charge in [-0.3, -0.25) is 4.57 Å². The van der Waals surface area contributed by atoms with Crippen molar-refractivity contribution in [3.63, 3.8) is 0 Å². The number of rotatable bonds is 8. The zero-order chi connectivity index (χ0) is 9.23. The minimum Gasteiger partial charge on any atom is -0.330 e.